The molecule has 0 fully saturated rings. The van der Waals surface area contributed by atoms with Crippen LogP contribution in [0.5, 0.6) is 5.75 Å². The van der Waals surface area contributed by atoms with Crippen molar-refractivity contribution in [2.75, 3.05) is 24.2 Å². The summed E-state index contributed by atoms with van der Waals surface area (Å²) in [7, 11) is -2.35. The first-order valence-electron chi connectivity index (χ1n) is 6.98. The first-order valence-corrected chi connectivity index (χ1v) is 10.1. The molecule has 0 bridgehead atoms. The quantitative estimate of drug-likeness (QED) is 0.569. The van der Waals surface area contributed by atoms with Crippen molar-refractivity contribution in [3.8, 4) is 5.75 Å². The molecule has 0 spiro atoms. The van der Waals surface area contributed by atoms with Crippen molar-refractivity contribution >= 4 is 50.8 Å². The molecule has 0 unspecified atom stereocenters. The zero-order chi connectivity index (χ0) is 18.4. The highest BCUT2D eigenvalue weighted by Gasteiger charge is 2.24. The van der Waals surface area contributed by atoms with Crippen molar-refractivity contribution in [3.63, 3.8) is 0 Å². The molecule has 25 heavy (non-hydrogen) atoms. The van der Waals surface area contributed by atoms with E-state index in [9.17, 15) is 13.2 Å². The number of hydrazone groups is 1. The Bertz CT molecular complexity index is 867. The Hall–Kier alpha value is -2.10. The molecule has 134 valence electrons. The minimum Gasteiger partial charge on any atom is -0.495 e. The molecule has 0 aliphatic rings. The van der Waals surface area contributed by atoms with Crippen molar-refractivity contribution in [2.45, 2.75) is 0 Å². The average molecular weight is 402 g/mol. The molecular weight excluding hydrogens is 386 g/mol. The van der Waals surface area contributed by atoms with Gasteiger partial charge < -0.3 is 4.74 Å². The zero-order valence-electron chi connectivity index (χ0n) is 13.5. The van der Waals surface area contributed by atoms with Gasteiger partial charge in [0.05, 0.1) is 25.3 Å². The molecule has 1 heterocycles. The van der Waals surface area contributed by atoms with Crippen LogP contribution in [-0.4, -0.2) is 40.4 Å². The number of amides is 1. The number of sulfonamides is 1. The lowest BCUT2D eigenvalue weighted by molar-refractivity contribution is -0.119. The highest BCUT2D eigenvalue weighted by Crippen LogP contribution is 2.32. The van der Waals surface area contributed by atoms with Gasteiger partial charge in [-0.05, 0) is 29.6 Å². The molecule has 1 aromatic heterocycles. The SMILES string of the molecule is COc1ccc(Cl)cc1N(CC(=O)NN=Cc1cccs1)S(C)(=O)=O. The number of nitrogens with zero attached hydrogens (tertiary/aromatic N) is 2. The number of nitrogens with one attached hydrogen (secondary N) is 1. The summed E-state index contributed by atoms with van der Waals surface area (Å²) in [6.07, 6.45) is 2.48. The topological polar surface area (TPSA) is 88.1 Å². The largest absolute Gasteiger partial charge is 0.495 e. The minimum atomic E-state index is -3.75. The van der Waals surface area contributed by atoms with E-state index in [2.05, 4.69) is 10.5 Å². The van der Waals surface area contributed by atoms with Crippen molar-refractivity contribution in [2.24, 2.45) is 5.10 Å². The lowest BCUT2D eigenvalue weighted by Gasteiger charge is -2.23. The molecule has 0 atom stereocenters. The van der Waals surface area contributed by atoms with Gasteiger partial charge in [0.1, 0.15) is 12.3 Å². The molecule has 0 saturated heterocycles. The number of anilines is 1. The summed E-state index contributed by atoms with van der Waals surface area (Å²) >= 11 is 7.40. The van der Waals surface area contributed by atoms with E-state index in [0.29, 0.717) is 5.02 Å². The fourth-order valence-electron chi connectivity index (χ4n) is 1.94. The summed E-state index contributed by atoms with van der Waals surface area (Å²) in [5.41, 5.74) is 2.48. The molecule has 7 nitrogen and oxygen atoms in total. The number of carbonyl (C=O) groups excluding carboxylic acids is 1. The summed E-state index contributed by atoms with van der Waals surface area (Å²) in [6, 6.07) is 8.20. The van der Waals surface area contributed by atoms with Crippen molar-refractivity contribution < 1.29 is 17.9 Å². The monoisotopic (exact) mass is 401 g/mol. The summed E-state index contributed by atoms with van der Waals surface area (Å²) in [5, 5.41) is 6.00. The van der Waals surface area contributed by atoms with Crippen LogP contribution in [0.1, 0.15) is 4.88 Å². The summed E-state index contributed by atoms with van der Waals surface area (Å²) in [4.78, 5) is 12.9. The van der Waals surface area contributed by atoms with Crippen LogP contribution in [0, 0.1) is 0 Å². The second kappa shape index (κ2) is 8.32. The molecule has 0 radical (unpaired) electrons. The number of rotatable bonds is 7. The second-order valence-electron chi connectivity index (χ2n) is 4.89. The van der Waals surface area contributed by atoms with Crippen LogP contribution < -0.4 is 14.5 Å². The minimum absolute atomic E-state index is 0.176. The Labute approximate surface area is 154 Å². The van der Waals surface area contributed by atoms with E-state index in [1.807, 2.05) is 17.5 Å². The molecule has 0 aliphatic carbocycles. The number of halogens is 1. The summed E-state index contributed by atoms with van der Waals surface area (Å²) in [5.74, 6) is -0.315. The highest BCUT2D eigenvalue weighted by atomic mass is 35.5. The van der Waals surface area contributed by atoms with E-state index in [4.69, 9.17) is 16.3 Å². The normalized spacial score (nSPS) is 11.5. The van der Waals surface area contributed by atoms with Gasteiger partial charge in [0, 0.05) is 9.90 Å². The van der Waals surface area contributed by atoms with Gasteiger partial charge in [0.15, 0.2) is 0 Å². The maximum atomic E-state index is 12.1. The highest BCUT2D eigenvalue weighted by molar-refractivity contribution is 7.92. The van der Waals surface area contributed by atoms with Crippen LogP contribution in [0.2, 0.25) is 5.02 Å². The zero-order valence-corrected chi connectivity index (χ0v) is 15.9. The van der Waals surface area contributed by atoms with Crippen molar-refractivity contribution in [1.82, 2.24) is 5.43 Å². The van der Waals surface area contributed by atoms with Gasteiger partial charge in [0.2, 0.25) is 10.0 Å². The van der Waals surface area contributed by atoms with E-state index in [-0.39, 0.29) is 11.4 Å². The lowest BCUT2D eigenvalue weighted by atomic mass is 10.3. The summed E-state index contributed by atoms with van der Waals surface area (Å²) < 4.78 is 30.3. The number of thiophene rings is 1. The second-order valence-corrected chi connectivity index (χ2v) is 8.22. The third kappa shape index (κ3) is 5.45. The van der Waals surface area contributed by atoms with Crippen LogP contribution in [-0.2, 0) is 14.8 Å². The average Bonchev–Trinajstić information content (AvgIpc) is 3.05. The predicted octanol–water partition coefficient (Wildman–Crippen LogP) is 2.33. The number of methoxy groups -OCH3 is 1. The standard InChI is InChI=1S/C15H16ClN3O4S2/c1-23-14-6-5-11(16)8-13(14)19(25(2,21)22)10-15(20)18-17-9-12-4-3-7-24-12/h3-9H,10H2,1-2H3,(H,18,20). The first kappa shape index (κ1) is 19.2. The van der Waals surface area contributed by atoms with Gasteiger partial charge in [-0.2, -0.15) is 5.10 Å². The van der Waals surface area contributed by atoms with E-state index in [1.165, 1.54) is 36.8 Å². The van der Waals surface area contributed by atoms with Crippen molar-refractivity contribution in [1.29, 1.82) is 0 Å². The molecule has 1 N–H and O–H groups in total. The maximum absolute atomic E-state index is 12.1. The van der Waals surface area contributed by atoms with Crippen molar-refractivity contribution in [3.05, 3.63) is 45.6 Å². The molecule has 2 rings (SSSR count). The number of hydrogen-bond acceptors (Lipinski definition) is 6. The van der Waals surface area contributed by atoms with Crippen LogP contribution in [0.4, 0.5) is 5.69 Å². The number of benzene rings is 1. The van der Waals surface area contributed by atoms with Gasteiger partial charge in [-0.15, -0.1) is 11.3 Å². The Kier molecular flexibility index (Phi) is 6.40. The van der Waals surface area contributed by atoms with Gasteiger partial charge in [-0.1, -0.05) is 17.7 Å². The Morgan fingerprint density at radius 3 is 2.80 bits per heavy atom. The third-order valence-corrected chi connectivity index (χ3v) is 5.19. The van der Waals surface area contributed by atoms with E-state index in [0.717, 1.165) is 15.4 Å². The smallest absolute Gasteiger partial charge is 0.260 e. The number of hydrogen-bond donors (Lipinski definition) is 1. The predicted molar refractivity (Wildman–Crippen MR) is 100 cm³/mol. The molecule has 1 amide bonds. The Morgan fingerprint density at radius 2 is 2.20 bits per heavy atom. The van der Waals surface area contributed by atoms with Gasteiger partial charge in [-0.25, -0.2) is 13.8 Å². The molecule has 2 aromatic rings. The third-order valence-electron chi connectivity index (χ3n) is 3.02. The maximum Gasteiger partial charge on any atom is 0.260 e. The number of carbonyl (C=O) groups is 1. The first-order chi connectivity index (χ1) is 11.8. The van der Waals surface area contributed by atoms with Crippen LogP contribution >= 0.6 is 22.9 Å². The van der Waals surface area contributed by atoms with E-state index >= 15 is 0 Å². The van der Waals surface area contributed by atoms with Gasteiger partial charge in [-0.3, -0.25) is 9.10 Å². The van der Waals surface area contributed by atoms with Crippen LogP contribution in [0.25, 0.3) is 0 Å². The summed E-state index contributed by atoms with van der Waals surface area (Å²) in [6.45, 7) is -0.461. The van der Waals surface area contributed by atoms with E-state index < -0.39 is 22.5 Å². The van der Waals surface area contributed by atoms with Crippen LogP contribution in [0.3, 0.4) is 0 Å². The fraction of sp³-hybridized carbons (Fsp3) is 0.200. The van der Waals surface area contributed by atoms with Crippen LogP contribution in [0.15, 0.2) is 40.8 Å². The molecule has 1 aromatic carbocycles. The molecular formula is C15H16ClN3O4S2. The van der Waals surface area contributed by atoms with Gasteiger partial charge >= 0.3 is 0 Å². The van der Waals surface area contributed by atoms with Gasteiger partial charge in [0.25, 0.3) is 5.91 Å². The Balaban J connectivity index is 2.19. The molecule has 10 heteroatoms. The number of ether oxygens (including phenoxy) is 1. The molecule has 0 saturated carbocycles. The van der Waals surface area contributed by atoms with E-state index in [1.54, 1.807) is 6.07 Å². The Morgan fingerprint density at radius 1 is 1.44 bits per heavy atom. The lowest BCUT2D eigenvalue weighted by Crippen LogP contribution is -2.39. The fourth-order valence-corrected chi connectivity index (χ4v) is 3.54. The molecule has 0 aliphatic heterocycles.